The van der Waals surface area contributed by atoms with Gasteiger partial charge in [-0.15, -0.1) is 0 Å². The highest BCUT2D eigenvalue weighted by molar-refractivity contribution is 5.94. The minimum atomic E-state index is 0.000693. The molecular formula is C15H21N3O. The molecule has 0 aliphatic heterocycles. The van der Waals surface area contributed by atoms with E-state index in [0.717, 1.165) is 18.5 Å². The van der Waals surface area contributed by atoms with Gasteiger partial charge in [-0.1, -0.05) is 18.8 Å². The Morgan fingerprint density at radius 1 is 1.47 bits per heavy atom. The average Bonchev–Trinajstić information content (AvgIpc) is 2.41. The molecule has 0 saturated carbocycles. The predicted octanol–water partition coefficient (Wildman–Crippen LogP) is 1.65. The van der Waals surface area contributed by atoms with Gasteiger partial charge < -0.3 is 10.6 Å². The molecule has 0 atom stereocenters. The molecule has 4 nitrogen and oxygen atoms in total. The van der Waals surface area contributed by atoms with E-state index in [0.29, 0.717) is 12.1 Å². The number of amides is 1. The lowest BCUT2D eigenvalue weighted by atomic mass is 10.1. The van der Waals surface area contributed by atoms with Gasteiger partial charge in [-0.25, -0.2) is 0 Å². The number of carbonyl (C=O) groups is 1. The van der Waals surface area contributed by atoms with E-state index >= 15 is 0 Å². The average molecular weight is 259 g/mol. The quantitative estimate of drug-likeness (QED) is 0.836. The van der Waals surface area contributed by atoms with Crippen LogP contribution in [0.15, 0.2) is 18.5 Å². The van der Waals surface area contributed by atoms with E-state index in [9.17, 15) is 4.79 Å². The number of hydrogen-bond donors (Lipinski definition) is 1. The first kappa shape index (κ1) is 15.2. The summed E-state index contributed by atoms with van der Waals surface area (Å²) in [6.45, 7) is 7.13. The minimum absolute atomic E-state index is 0.000693. The van der Waals surface area contributed by atoms with E-state index in [-0.39, 0.29) is 11.9 Å². The second-order valence-electron chi connectivity index (χ2n) is 4.56. The Morgan fingerprint density at radius 3 is 2.79 bits per heavy atom. The van der Waals surface area contributed by atoms with Crippen LogP contribution in [0, 0.1) is 11.8 Å². The van der Waals surface area contributed by atoms with Crippen molar-refractivity contribution < 1.29 is 4.79 Å². The van der Waals surface area contributed by atoms with Crippen molar-refractivity contribution in [2.24, 2.45) is 5.73 Å². The zero-order valence-electron chi connectivity index (χ0n) is 11.8. The molecule has 4 heteroatoms. The zero-order valence-corrected chi connectivity index (χ0v) is 11.8. The van der Waals surface area contributed by atoms with Gasteiger partial charge in [-0.2, -0.15) is 0 Å². The van der Waals surface area contributed by atoms with Crippen LogP contribution in [0.5, 0.6) is 0 Å². The molecule has 2 N–H and O–H groups in total. The molecule has 0 fully saturated rings. The smallest absolute Gasteiger partial charge is 0.255 e. The summed E-state index contributed by atoms with van der Waals surface area (Å²) >= 11 is 0. The largest absolute Gasteiger partial charge is 0.336 e. The summed E-state index contributed by atoms with van der Waals surface area (Å²) in [6.07, 6.45) is 4.16. The van der Waals surface area contributed by atoms with E-state index in [1.165, 1.54) is 0 Å². The van der Waals surface area contributed by atoms with Gasteiger partial charge in [0.25, 0.3) is 5.91 Å². The standard InChI is InChI=1S/C15H21N3O/c1-4-8-18(12(2)3)15(19)14-9-13(6-5-7-16)10-17-11-14/h9-12H,4,7-8,16H2,1-3H3. The summed E-state index contributed by atoms with van der Waals surface area (Å²) in [4.78, 5) is 18.3. The molecule has 0 spiro atoms. The van der Waals surface area contributed by atoms with Crippen molar-refractivity contribution in [3.05, 3.63) is 29.6 Å². The second kappa shape index (κ2) is 7.55. The number of rotatable bonds is 4. The molecule has 19 heavy (non-hydrogen) atoms. The number of hydrogen-bond acceptors (Lipinski definition) is 3. The Kier molecular flexibility index (Phi) is 6.04. The highest BCUT2D eigenvalue weighted by atomic mass is 16.2. The first-order chi connectivity index (χ1) is 9.10. The molecule has 0 aliphatic carbocycles. The van der Waals surface area contributed by atoms with Crippen LogP contribution >= 0.6 is 0 Å². The molecule has 1 heterocycles. The molecule has 0 aromatic carbocycles. The maximum absolute atomic E-state index is 12.4. The molecule has 102 valence electrons. The Bertz CT molecular complexity index is 486. The topological polar surface area (TPSA) is 59.2 Å². The highest BCUT2D eigenvalue weighted by Gasteiger charge is 2.18. The van der Waals surface area contributed by atoms with Gasteiger partial charge in [-0.3, -0.25) is 9.78 Å². The maximum Gasteiger partial charge on any atom is 0.255 e. The van der Waals surface area contributed by atoms with Crippen molar-refractivity contribution in [1.82, 2.24) is 9.88 Å². The minimum Gasteiger partial charge on any atom is -0.336 e. The molecule has 1 rings (SSSR count). The van der Waals surface area contributed by atoms with Crippen molar-refractivity contribution in [2.75, 3.05) is 13.1 Å². The Labute approximate surface area is 115 Å². The van der Waals surface area contributed by atoms with Crippen LogP contribution in [-0.2, 0) is 0 Å². The maximum atomic E-state index is 12.4. The van der Waals surface area contributed by atoms with Crippen molar-refractivity contribution in [3.63, 3.8) is 0 Å². The van der Waals surface area contributed by atoms with Crippen molar-refractivity contribution >= 4 is 5.91 Å². The fraction of sp³-hybridized carbons (Fsp3) is 0.467. The van der Waals surface area contributed by atoms with Crippen LogP contribution in [0.2, 0.25) is 0 Å². The Balaban J connectivity index is 2.98. The molecular weight excluding hydrogens is 238 g/mol. The molecule has 0 unspecified atom stereocenters. The number of pyridine rings is 1. The van der Waals surface area contributed by atoms with Gasteiger partial charge >= 0.3 is 0 Å². The van der Waals surface area contributed by atoms with E-state index in [2.05, 4.69) is 23.7 Å². The number of aromatic nitrogens is 1. The number of nitrogens with two attached hydrogens (primary N) is 1. The lowest BCUT2D eigenvalue weighted by molar-refractivity contribution is 0.0705. The fourth-order valence-electron chi connectivity index (χ4n) is 1.78. The molecule has 0 saturated heterocycles. The van der Waals surface area contributed by atoms with Gasteiger partial charge in [0.2, 0.25) is 0 Å². The summed E-state index contributed by atoms with van der Waals surface area (Å²) in [5, 5.41) is 0. The van der Waals surface area contributed by atoms with Crippen LogP contribution < -0.4 is 5.73 Å². The third kappa shape index (κ3) is 4.38. The summed E-state index contributed by atoms with van der Waals surface area (Å²) < 4.78 is 0. The molecule has 1 aromatic heterocycles. The van der Waals surface area contributed by atoms with Crippen molar-refractivity contribution in [2.45, 2.75) is 33.2 Å². The van der Waals surface area contributed by atoms with Gasteiger partial charge in [0.05, 0.1) is 12.1 Å². The summed E-state index contributed by atoms with van der Waals surface area (Å²) in [5.41, 5.74) is 6.63. The lowest BCUT2D eigenvalue weighted by Gasteiger charge is -2.26. The van der Waals surface area contributed by atoms with Crippen molar-refractivity contribution in [3.8, 4) is 11.8 Å². The molecule has 0 aliphatic rings. The SMILES string of the molecule is CCCN(C(=O)c1cncc(C#CCN)c1)C(C)C. The first-order valence-corrected chi connectivity index (χ1v) is 6.55. The van der Waals surface area contributed by atoms with E-state index < -0.39 is 0 Å². The fourth-order valence-corrected chi connectivity index (χ4v) is 1.78. The van der Waals surface area contributed by atoms with E-state index in [4.69, 9.17) is 5.73 Å². The monoisotopic (exact) mass is 259 g/mol. The molecule has 0 radical (unpaired) electrons. The zero-order chi connectivity index (χ0) is 14.3. The van der Waals surface area contributed by atoms with Crippen LogP contribution in [-0.4, -0.2) is 34.9 Å². The lowest BCUT2D eigenvalue weighted by Crippen LogP contribution is -2.37. The normalized spacial score (nSPS) is 9.95. The Hall–Kier alpha value is -1.86. The number of carbonyl (C=O) groups excluding carboxylic acids is 1. The molecule has 1 aromatic rings. The molecule has 1 amide bonds. The molecule has 0 bridgehead atoms. The predicted molar refractivity (Wildman–Crippen MR) is 76.6 cm³/mol. The third-order valence-corrected chi connectivity index (χ3v) is 2.67. The van der Waals surface area contributed by atoms with Gasteiger partial charge in [0.1, 0.15) is 0 Å². The number of nitrogens with zero attached hydrogens (tertiary/aromatic N) is 2. The summed E-state index contributed by atoms with van der Waals surface area (Å²) in [6, 6.07) is 1.94. The first-order valence-electron chi connectivity index (χ1n) is 6.55. The summed E-state index contributed by atoms with van der Waals surface area (Å²) in [7, 11) is 0. The van der Waals surface area contributed by atoms with Crippen LogP contribution in [0.4, 0.5) is 0 Å². The van der Waals surface area contributed by atoms with Crippen LogP contribution in [0.25, 0.3) is 0 Å². The van der Waals surface area contributed by atoms with Crippen LogP contribution in [0.3, 0.4) is 0 Å². The van der Waals surface area contributed by atoms with Crippen LogP contribution in [0.1, 0.15) is 43.1 Å². The second-order valence-corrected chi connectivity index (χ2v) is 4.56. The van der Waals surface area contributed by atoms with Crippen molar-refractivity contribution in [1.29, 1.82) is 0 Å². The highest BCUT2D eigenvalue weighted by Crippen LogP contribution is 2.10. The summed E-state index contributed by atoms with van der Waals surface area (Å²) in [5.74, 6) is 5.65. The third-order valence-electron chi connectivity index (χ3n) is 2.67. The van der Waals surface area contributed by atoms with Gasteiger partial charge in [-0.05, 0) is 26.3 Å². The van der Waals surface area contributed by atoms with Gasteiger partial charge in [0, 0.05) is 30.5 Å². The van der Waals surface area contributed by atoms with E-state index in [1.807, 2.05) is 18.7 Å². The van der Waals surface area contributed by atoms with Gasteiger partial charge in [0.15, 0.2) is 0 Å². The Morgan fingerprint density at radius 2 is 2.21 bits per heavy atom. The van der Waals surface area contributed by atoms with E-state index in [1.54, 1.807) is 18.5 Å².